The number of sulfone groups is 1. The lowest BCUT2D eigenvalue weighted by molar-refractivity contribution is -0.0642. The van der Waals surface area contributed by atoms with Gasteiger partial charge in [-0.2, -0.15) is 4.98 Å². The molecule has 15 heteroatoms. The molecule has 51 heavy (non-hydrogen) atoms. The number of nitrogens with one attached hydrogen (secondary N) is 2. The largest absolute Gasteiger partial charge is 0.495 e. The number of para-hydroxylation sites is 1. The number of rotatable bonds is 17. The number of nitrogens with zero attached hydrogens (tertiary/aromatic N) is 6. The predicted octanol–water partition coefficient (Wildman–Crippen LogP) is 4.82. The normalized spacial score (nSPS) is 16.8. The average Bonchev–Trinajstić information content (AvgIpc) is 3.13. The van der Waals surface area contributed by atoms with E-state index in [2.05, 4.69) is 53.2 Å². The molecule has 0 aliphatic carbocycles. The van der Waals surface area contributed by atoms with Crippen molar-refractivity contribution in [1.29, 1.82) is 0 Å². The average molecular weight is 745 g/mol. The summed E-state index contributed by atoms with van der Waals surface area (Å²) in [7, 11) is -1.89. The van der Waals surface area contributed by atoms with Gasteiger partial charge in [0, 0.05) is 65.5 Å². The minimum atomic E-state index is -3.54. The maximum Gasteiger partial charge on any atom is 0.229 e. The van der Waals surface area contributed by atoms with Gasteiger partial charge in [-0.15, -0.1) is 0 Å². The van der Waals surface area contributed by atoms with E-state index in [9.17, 15) is 8.42 Å². The van der Waals surface area contributed by atoms with Gasteiger partial charge in [0.1, 0.15) is 24.2 Å². The highest BCUT2D eigenvalue weighted by molar-refractivity contribution is 7.92. The summed E-state index contributed by atoms with van der Waals surface area (Å²) in [5.41, 5.74) is 3.45. The number of hydrogen-bond donors (Lipinski definition) is 2. The predicted molar refractivity (Wildman–Crippen MR) is 202 cm³/mol. The lowest BCUT2D eigenvalue weighted by Crippen LogP contribution is -2.49. The molecule has 0 unspecified atom stereocenters. The van der Waals surface area contributed by atoms with Crippen molar-refractivity contribution in [3.63, 3.8) is 0 Å². The molecule has 0 bridgehead atoms. The molecular formula is C36H53ClN8O5S. The van der Waals surface area contributed by atoms with Gasteiger partial charge < -0.3 is 29.7 Å². The Kier molecular flexibility index (Phi) is 14.3. The molecule has 2 aliphatic heterocycles. The van der Waals surface area contributed by atoms with E-state index in [1.165, 1.54) is 11.8 Å². The fourth-order valence-corrected chi connectivity index (χ4v) is 7.43. The van der Waals surface area contributed by atoms with Gasteiger partial charge in [0.05, 0.1) is 41.6 Å². The summed E-state index contributed by atoms with van der Waals surface area (Å²) in [5, 5.41) is 6.04. The fraction of sp³-hybridized carbons (Fsp3) is 0.556. The Labute approximate surface area is 308 Å². The first kappa shape index (κ1) is 39.1. The van der Waals surface area contributed by atoms with Crippen molar-refractivity contribution >= 4 is 44.6 Å². The summed E-state index contributed by atoms with van der Waals surface area (Å²) in [5.74, 6) is 1.25. The topological polar surface area (TPSA) is 125 Å². The summed E-state index contributed by atoms with van der Waals surface area (Å²) >= 11 is 6.45. The van der Waals surface area contributed by atoms with Crippen LogP contribution in [0.3, 0.4) is 0 Å². The van der Waals surface area contributed by atoms with E-state index in [1.54, 1.807) is 45.2 Å². The van der Waals surface area contributed by atoms with Crippen molar-refractivity contribution in [2.45, 2.75) is 44.3 Å². The highest BCUT2D eigenvalue weighted by Crippen LogP contribution is 2.33. The summed E-state index contributed by atoms with van der Waals surface area (Å²) < 4.78 is 43.3. The molecule has 0 radical (unpaired) electrons. The SMILES string of the molecule is CCOCN1CCN(COCN2CCN(CCc3cc(OC)c(Nc4ncc(Cl)c(Nc5ccccc5S(=O)(=O)C(C)C)n4)cc3C)CC2)CC1. The third kappa shape index (κ3) is 10.7. The molecular weight excluding hydrogens is 692 g/mol. The minimum Gasteiger partial charge on any atom is -0.495 e. The molecule has 2 aromatic carbocycles. The third-order valence-electron chi connectivity index (χ3n) is 9.37. The molecule has 2 aliphatic rings. The van der Waals surface area contributed by atoms with E-state index in [1.807, 2.05) is 13.0 Å². The van der Waals surface area contributed by atoms with E-state index in [-0.39, 0.29) is 15.7 Å². The molecule has 3 aromatic rings. The molecule has 3 heterocycles. The first-order valence-electron chi connectivity index (χ1n) is 17.7. The molecule has 0 saturated carbocycles. The van der Waals surface area contributed by atoms with Gasteiger partial charge in [0.15, 0.2) is 15.7 Å². The van der Waals surface area contributed by atoms with Crippen molar-refractivity contribution in [3.05, 3.63) is 58.7 Å². The van der Waals surface area contributed by atoms with Gasteiger partial charge in [0.2, 0.25) is 5.95 Å². The Morgan fingerprint density at radius 3 is 2.08 bits per heavy atom. The highest BCUT2D eigenvalue weighted by Gasteiger charge is 2.24. The fourth-order valence-electron chi connectivity index (χ4n) is 6.09. The van der Waals surface area contributed by atoms with Crippen LogP contribution >= 0.6 is 11.6 Å². The smallest absolute Gasteiger partial charge is 0.229 e. The molecule has 0 atom stereocenters. The number of halogens is 1. The van der Waals surface area contributed by atoms with E-state index in [0.29, 0.717) is 30.8 Å². The second-order valence-corrected chi connectivity index (χ2v) is 16.1. The third-order valence-corrected chi connectivity index (χ3v) is 11.9. The second-order valence-electron chi connectivity index (χ2n) is 13.2. The summed E-state index contributed by atoms with van der Waals surface area (Å²) in [6, 6.07) is 10.8. The Morgan fingerprint density at radius 1 is 0.863 bits per heavy atom. The van der Waals surface area contributed by atoms with Gasteiger partial charge in [0.25, 0.3) is 0 Å². The van der Waals surface area contributed by atoms with Crippen LogP contribution in [-0.4, -0.2) is 136 Å². The van der Waals surface area contributed by atoms with Crippen molar-refractivity contribution in [1.82, 2.24) is 29.6 Å². The maximum absolute atomic E-state index is 13.0. The van der Waals surface area contributed by atoms with Crippen LogP contribution in [0.1, 0.15) is 31.9 Å². The number of methoxy groups -OCH3 is 1. The Balaban J connectivity index is 1.11. The van der Waals surface area contributed by atoms with Crippen LogP contribution in [-0.2, 0) is 25.7 Å². The van der Waals surface area contributed by atoms with Crippen LogP contribution in [0.25, 0.3) is 0 Å². The van der Waals surface area contributed by atoms with Gasteiger partial charge in [-0.25, -0.2) is 13.4 Å². The van der Waals surface area contributed by atoms with Crippen LogP contribution < -0.4 is 15.4 Å². The molecule has 0 spiro atoms. The molecule has 13 nitrogen and oxygen atoms in total. The number of hydrogen-bond acceptors (Lipinski definition) is 13. The quantitative estimate of drug-likeness (QED) is 0.197. The van der Waals surface area contributed by atoms with Gasteiger partial charge in [-0.1, -0.05) is 23.7 Å². The Morgan fingerprint density at radius 2 is 1.47 bits per heavy atom. The minimum absolute atomic E-state index is 0.183. The van der Waals surface area contributed by atoms with Gasteiger partial charge >= 0.3 is 0 Å². The number of piperazine rings is 2. The van der Waals surface area contributed by atoms with Crippen LogP contribution in [0.2, 0.25) is 5.02 Å². The second kappa shape index (κ2) is 18.6. The highest BCUT2D eigenvalue weighted by atomic mass is 35.5. The van der Waals surface area contributed by atoms with E-state index >= 15 is 0 Å². The zero-order valence-electron chi connectivity index (χ0n) is 30.5. The van der Waals surface area contributed by atoms with Crippen LogP contribution in [0.4, 0.5) is 23.1 Å². The maximum atomic E-state index is 13.0. The van der Waals surface area contributed by atoms with E-state index in [4.69, 9.17) is 25.8 Å². The van der Waals surface area contributed by atoms with Crippen molar-refractivity contribution in [2.75, 3.05) is 103 Å². The molecule has 0 amide bonds. The Hall–Kier alpha value is -3.08. The molecule has 2 N–H and O–H groups in total. The number of benzene rings is 2. The van der Waals surface area contributed by atoms with Crippen LogP contribution in [0, 0.1) is 6.92 Å². The molecule has 2 fully saturated rings. The van der Waals surface area contributed by atoms with E-state index < -0.39 is 15.1 Å². The van der Waals surface area contributed by atoms with E-state index in [0.717, 1.165) is 89.9 Å². The lowest BCUT2D eigenvalue weighted by atomic mass is 10.0. The monoisotopic (exact) mass is 744 g/mol. The van der Waals surface area contributed by atoms with Crippen LogP contribution in [0.15, 0.2) is 47.5 Å². The number of aromatic nitrogens is 2. The summed E-state index contributed by atoms with van der Waals surface area (Å²) in [4.78, 5) is 18.7. The number of aryl methyl sites for hydroxylation is 1. The molecule has 1 aromatic heterocycles. The lowest BCUT2D eigenvalue weighted by Gasteiger charge is -2.36. The molecule has 280 valence electrons. The zero-order valence-corrected chi connectivity index (χ0v) is 32.1. The first-order valence-corrected chi connectivity index (χ1v) is 19.6. The van der Waals surface area contributed by atoms with Crippen molar-refractivity contribution in [2.24, 2.45) is 0 Å². The molecule has 5 rings (SSSR count). The van der Waals surface area contributed by atoms with Gasteiger partial charge in [-0.05, 0) is 69.5 Å². The number of anilines is 4. The summed E-state index contributed by atoms with van der Waals surface area (Å²) in [6.07, 6.45) is 2.38. The zero-order chi connectivity index (χ0) is 36.4. The standard InChI is InChI=1S/C36H53ClN8O5S/c1-6-49-24-43-17-19-45(20-18-43)26-50-25-44-15-13-42(14-16-44)12-11-29-22-33(48-5)32(21-28(29)4)40-36-38-23-30(37)35(41-36)39-31-9-7-8-10-34(31)51(46,47)27(2)3/h7-10,21-23,27H,6,11-20,24-26H2,1-5H3,(H2,38,39,40,41). The molecule has 2 saturated heterocycles. The Bertz CT molecular complexity index is 1680. The first-order chi connectivity index (χ1) is 24.6. The van der Waals surface area contributed by atoms with Gasteiger partial charge in [-0.3, -0.25) is 14.7 Å². The van der Waals surface area contributed by atoms with Crippen molar-refractivity contribution in [3.8, 4) is 5.75 Å². The van der Waals surface area contributed by atoms with Crippen molar-refractivity contribution < 1.29 is 22.6 Å². The number of ether oxygens (including phenoxy) is 3. The summed E-state index contributed by atoms with van der Waals surface area (Å²) in [6.45, 7) is 19.3. The van der Waals surface area contributed by atoms with Crippen LogP contribution in [0.5, 0.6) is 5.75 Å².